The lowest BCUT2D eigenvalue weighted by Gasteiger charge is -2.50. The fraction of sp³-hybridized carbons (Fsp3) is 0.348. The Labute approximate surface area is 295 Å². The van der Waals surface area contributed by atoms with Gasteiger partial charge in [0.05, 0.1) is 29.3 Å². The first-order chi connectivity index (χ1) is 24.2. The molecule has 6 aromatic carbocycles. The molecular weight excluding hydrogens is 609 g/mol. The Kier molecular flexibility index (Phi) is 5.84. The topological polar surface area (TPSA) is 34.6 Å². The summed E-state index contributed by atoms with van der Waals surface area (Å²) in [5.74, 6) is 0. The van der Waals surface area contributed by atoms with Crippen LogP contribution in [0.25, 0.3) is 37.2 Å². The molecule has 4 unspecified atom stereocenters. The molecule has 0 amide bonds. The van der Waals surface area contributed by atoms with E-state index < -0.39 is 0 Å². The molecule has 2 saturated carbocycles. The van der Waals surface area contributed by atoms with Gasteiger partial charge < -0.3 is 9.80 Å². The van der Waals surface area contributed by atoms with Crippen LogP contribution in [0.5, 0.6) is 0 Å². The molecular formula is C46H42N4. The number of nitrogens with zero attached hydrogens (tertiary/aromatic N) is 4. The summed E-state index contributed by atoms with van der Waals surface area (Å²) in [6.45, 7) is 17.6. The third-order valence-electron chi connectivity index (χ3n) is 14.6. The van der Waals surface area contributed by atoms with Crippen LogP contribution in [-0.4, -0.2) is 11.1 Å². The number of rotatable bonds is 2. The zero-order chi connectivity index (χ0) is 34.2. The summed E-state index contributed by atoms with van der Waals surface area (Å²) < 4.78 is 0. The lowest BCUT2D eigenvalue weighted by molar-refractivity contribution is 0.195. The number of benzene rings is 6. The minimum absolute atomic E-state index is 0.0327. The molecule has 4 atom stereocenters. The first kappa shape index (κ1) is 29.8. The van der Waals surface area contributed by atoms with Crippen LogP contribution in [0.4, 0.5) is 28.4 Å². The van der Waals surface area contributed by atoms with Crippen molar-refractivity contribution in [1.82, 2.24) is 0 Å². The molecule has 2 fully saturated rings. The van der Waals surface area contributed by atoms with Crippen molar-refractivity contribution >= 4 is 60.8 Å². The molecule has 2 heterocycles. The molecule has 0 aromatic heterocycles. The van der Waals surface area contributed by atoms with Crippen LogP contribution in [-0.2, 0) is 10.8 Å². The molecule has 4 aliphatic rings. The van der Waals surface area contributed by atoms with Crippen LogP contribution in [0.1, 0.15) is 95.8 Å². The van der Waals surface area contributed by atoms with Gasteiger partial charge in [-0.15, -0.1) is 0 Å². The van der Waals surface area contributed by atoms with Gasteiger partial charge in [-0.2, -0.15) is 5.26 Å². The van der Waals surface area contributed by atoms with Crippen molar-refractivity contribution in [2.24, 2.45) is 0 Å². The van der Waals surface area contributed by atoms with Crippen molar-refractivity contribution in [1.29, 1.82) is 5.26 Å². The lowest BCUT2D eigenvalue weighted by atomic mass is 9.61. The molecule has 6 aromatic rings. The third kappa shape index (κ3) is 3.40. The van der Waals surface area contributed by atoms with Gasteiger partial charge in [-0.05, 0) is 109 Å². The summed E-state index contributed by atoms with van der Waals surface area (Å²) in [6.07, 6.45) is 9.37. The van der Waals surface area contributed by atoms with Gasteiger partial charge in [0.2, 0.25) is 0 Å². The van der Waals surface area contributed by atoms with Crippen LogP contribution >= 0.6 is 0 Å². The number of hydrogen-bond donors (Lipinski definition) is 0. The van der Waals surface area contributed by atoms with E-state index in [9.17, 15) is 5.26 Å². The molecule has 4 nitrogen and oxygen atoms in total. The summed E-state index contributed by atoms with van der Waals surface area (Å²) in [7, 11) is 0. The van der Waals surface area contributed by atoms with E-state index in [0.717, 1.165) is 36.9 Å². The second-order valence-corrected chi connectivity index (χ2v) is 16.5. The molecule has 0 spiro atoms. The number of nitriles is 1. The van der Waals surface area contributed by atoms with Gasteiger partial charge in [0.15, 0.2) is 5.69 Å². The van der Waals surface area contributed by atoms with E-state index in [2.05, 4.69) is 121 Å². The van der Waals surface area contributed by atoms with Crippen LogP contribution in [0.15, 0.2) is 84.9 Å². The standard InChI is InChI=1S/C46H42N4/c1-43-22-6-8-24-45(43,3)49(39-18-10-29(28-47)26-35(39)43)37-19-13-30-12-17-34-38(20-14-31-11-16-33(37)41(30)42(31)34)50-40-21-15-32(48-5)27-36(40)44(2)23-7-9-25-46(44,50)4/h10-21,26-27H,6-9,22-25H2,1-4H3. The zero-order valence-corrected chi connectivity index (χ0v) is 29.5. The van der Waals surface area contributed by atoms with E-state index in [-0.39, 0.29) is 21.9 Å². The second kappa shape index (κ2) is 9.80. The molecule has 2 aliphatic carbocycles. The maximum absolute atomic E-state index is 9.89. The van der Waals surface area contributed by atoms with Crippen molar-refractivity contribution in [3.05, 3.63) is 113 Å². The van der Waals surface area contributed by atoms with E-state index in [1.54, 1.807) is 0 Å². The van der Waals surface area contributed by atoms with Gasteiger partial charge >= 0.3 is 0 Å². The summed E-state index contributed by atoms with van der Waals surface area (Å²) in [5, 5.41) is 17.7. The average molecular weight is 651 g/mol. The smallest absolute Gasteiger partial charge is 0.187 e. The fourth-order valence-electron chi connectivity index (χ4n) is 11.5. The highest BCUT2D eigenvalue weighted by atomic mass is 15.3. The molecule has 50 heavy (non-hydrogen) atoms. The fourth-order valence-corrected chi connectivity index (χ4v) is 11.5. The minimum Gasteiger partial charge on any atom is -0.334 e. The first-order valence-electron chi connectivity index (χ1n) is 18.5. The second-order valence-electron chi connectivity index (χ2n) is 16.5. The molecule has 0 N–H and O–H groups in total. The van der Waals surface area contributed by atoms with Crippen molar-refractivity contribution in [2.75, 3.05) is 9.80 Å². The van der Waals surface area contributed by atoms with Crippen molar-refractivity contribution in [3.63, 3.8) is 0 Å². The van der Waals surface area contributed by atoms with Crippen LogP contribution in [0.2, 0.25) is 0 Å². The summed E-state index contributed by atoms with van der Waals surface area (Å²) >= 11 is 0. The van der Waals surface area contributed by atoms with Crippen molar-refractivity contribution < 1.29 is 0 Å². The Morgan fingerprint density at radius 2 is 1.04 bits per heavy atom. The molecule has 0 saturated heterocycles. The van der Waals surface area contributed by atoms with Crippen LogP contribution in [0, 0.1) is 17.9 Å². The normalized spacial score (nSPS) is 28.4. The number of hydrogen-bond acceptors (Lipinski definition) is 3. The highest BCUT2D eigenvalue weighted by molar-refractivity contribution is 6.28. The number of anilines is 4. The SMILES string of the molecule is [C-]#[N+]c1ccc2c(c1)C1(C)CCCCC1(C)N2c1ccc2ccc3c(N4c5ccc(C#N)cc5C5(C)CCCCC45C)ccc4ccc1c2c43. The monoisotopic (exact) mass is 650 g/mol. The highest BCUT2D eigenvalue weighted by Gasteiger charge is 2.59. The summed E-state index contributed by atoms with van der Waals surface area (Å²) in [6, 6.07) is 34.0. The first-order valence-corrected chi connectivity index (χ1v) is 18.5. The predicted octanol–water partition coefficient (Wildman–Crippen LogP) is 12.5. The van der Waals surface area contributed by atoms with E-state index in [1.165, 1.54) is 91.9 Å². The zero-order valence-electron chi connectivity index (χ0n) is 29.5. The van der Waals surface area contributed by atoms with Crippen molar-refractivity contribution in [3.8, 4) is 6.07 Å². The molecule has 4 heteroatoms. The Morgan fingerprint density at radius 3 is 1.56 bits per heavy atom. The van der Waals surface area contributed by atoms with E-state index >= 15 is 0 Å². The van der Waals surface area contributed by atoms with Gasteiger partial charge in [0.25, 0.3) is 0 Å². The summed E-state index contributed by atoms with van der Waals surface area (Å²) in [5.41, 5.74) is 8.92. The van der Waals surface area contributed by atoms with Gasteiger partial charge in [-0.3, -0.25) is 0 Å². The molecule has 10 rings (SSSR count). The molecule has 0 bridgehead atoms. The van der Waals surface area contributed by atoms with E-state index in [1.807, 2.05) is 12.1 Å². The average Bonchev–Trinajstić information content (AvgIpc) is 3.47. The Morgan fingerprint density at radius 1 is 0.580 bits per heavy atom. The lowest BCUT2D eigenvalue weighted by Crippen LogP contribution is -2.54. The Bertz CT molecular complexity index is 2340. The van der Waals surface area contributed by atoms with E-state index in [4.69, 9.17) is 6.57 Å². The van der Waals surface area contributed by atoms with Gasteiger partial charge in [-0.1, -0.05) is 88.1 Å². The van der Waals surface area contributed by atoms with Gasteiger partial charge in [-0.25, -0.2) is 4.85 Å². The van der Waals surface area contributed by atoms with Gasteiger partial charge in [0.1, 0.15) is 0 Å². The maximum atomic E-state index is 9.89. The summed E-state index contributed by atoms with van der Waals surface area (Å²) in [4.78, 5) is 9.18. The quantitative estimate of drug-likeness (QED) is 0.138. The van der Waals surface area contributed by atoms with Crippen LogP contribution < -0.4 is 9.80 Å². The van der Waals surface area contributed by atoms with E-state index in [0.29, 0.717) is 0 Å². The highest BCUT2D eigenvalue weighted by Crippen LogP contribution is 2.64. The largest absolute Gasteiger partial charge is 0.334 e. The van der Waals surface area contributed by atoms with Crippen LogP contribution in [0.3, 0.4) is 0 Å². The minimum atomic E-state index is -0.0980. The third-order valence-corrected chi connectivity index (χ3v) is 14.6. The molecule has 246 valence electrons. The molecule has 2 aliphatic heterocycles. The maximum Gasteiger partial charge on any atom is 0.187 e. The van der Waals surface area contributed by atoms with Crippen molar-refractivity contribution in [2.45, 2.75) is 101 Å². The Balaban J connectivity index is 1.23. The van der Waals surface area contributed by atoms with Gasteiger partial charge in [0, 0.05) is 44.4 Å². The molecule has 0 radical (unpaired) electrons. The Hall–Kier alpha value is -5.06. The number of fused-ring (bicyclic) bond motifs is 6. The predicted molar refractivity (Wildman–Crippen MR) is 207 cm³/mol.